The molecule has 0 aromatic heterocycles. The maximum Gasteiger partial charge on any atom is 0.147 e. The number of aliphatic hydroxyl groups excluding tert-OH is 1. The number of ether oxygens (including phenoxy) is 1. The Balaban J connectivity index is 2.27. The van der Waals surface area contributed by atoms with Crippen LogP contribution in [0.1, 0.15) is 12.5 Å². The molecule has 1 fully saturated rings. The lowest BCUT2D eigenvalue weighted by atomic mass is 10.1. The third-order valence-electron chi connectivity index (χ3n) is 3.25. The van der Waals surface area contributed by atoms with E-state index >= 15 is 0 Å². The van der Waals surface area contributed by atoms with E-state index in [1.165, 1.54) is 6.07 Å². The molecule has 1 heterocycles. The second-order valence-electron chi connectivity index (χ2n) is 4.67. The Morgan fingerprint density at radius 2 is 2.37 bits per heavy atom. The molecule has 2 unspecified atom stereocenters. The summed E-state index contributed by atoms with van der Waals surface area (Å²) in [5, 5.41) is 9.15. The van der Waals surface area contributed by atoms with Gasteiger partial charge in [0.2, 0.25) is 0 Å². The lowest BCUT2D eigenvalue weighted by Crippen LogP contribution is -2.50. The zero-order valence-electron chi connectivity index (χ0n) is 10.7. The zero-order chi connectivity index (χ0) is 14.0. The Hall–Kier alpha value is -1.24. The molecule has 0 radical (unpaired) electrons. The van der Waals surface area contributed by atoms with Crippen molar-refractivity contribution in [1.82, 2.24) is 0 Å². The van der Waals surface area contributed by atoms with Gasteiger partial charge in [0.15, 0.2) is 0 Å². The van der Waals surface area contributed by atoms with Gasteiger partial charge in [0, 0.05) is 18.2 Å². The molecule has 2 rings (SSSR count). The van der Waals surface area contributed by atoms with Crippen molar-refractivity contribution in [2.75, 3.05) is 24.7 Å². The van der Waals surface area contributed by atoms with Crippen molar-refractivity contribution >= 4 is 22.9 Å². The lowest BCUT2D eigenvalue weighted by molar-refractivity contribution is -0.0105. The van der Waals surface area contributed by atoms with E-state index in [1.807, 2.05) is 11.8 Å². The topological polar surface area (TPSA) is 58.7 Å². The summed E-state index contributed by atoms with van der Waals surface area (Å²) in [4.78, 5) is 2.07. The zero-order valence-corrected chi connectivity index (χ0v) is 11.5. The minimum atomic E-state index is -0.365. The summed E-state index contributed by atoms with van der Waals surface area (Å²) in [6.45, 7) is 2.80. The van der Waals surface area contributed by atoms with Crippen molar-refractivity contribution < 1.29 is 14.2 Å². The highest BCUT2D eigenvalue weighted by molar-refractivity contribution is 7.80. The monoisotopic (exact) mass is 284 g/mol. The van der Waals surface area contributed by atoms with Crippen LogP contribution in [-0.4, -0.2) is 42.0 Å². The molecule has 0 aliphatic carbocycles. The van der Waals surface area contributed by atoms with Gasteiger partial charge >= 0.3 is 0 Å². The number of hydrogen-bond acceptors (Lipinski definition) is 4. The highest BCUT2D eigenvalue weighted by Crippen LogP contribution is 2.25. The summed E-state index contributed by atoms with van der Waals surface area (Å²) in [5.41, 5.74) is 6.47. The summed E-state index contributed by atoms with van der Waals surface area (Å²) in [6, 6.07) is 4.76. The van der Waals surface area contributed by atoms with Gasteiger partial charge in [-0.2, -0.15) is 0 Å². The second kappa shape index (κ2) is 5.81. The van der Waals surface area contributed by atoms with E-state index in [4.69, 9.17) is 27.8 Å². The molecule has 0 amide bonds. The van der Waals surface area contributed by atoms with E-state index in [1.54, 1.807) is 12.1 Å². The standard InChI is InChI=1S/C13H17FN2O2S/c1-8-7-18-10(6-17)5-16(8)12-3-2-9(13(15)19)4-11(12)14/h2-4,8,10,17H,5-7H2,1H3,(H2,15,19). The third kappa shape index (κ3) is 3.02. The number of anilines is 1. The molecule has 4 nitrogen and oxygen atoms in total. The molecule has 0 bridgehead atoms. The number of hydrogen-bond donors (Lipinski definition) is 2. The Bertz CT molecular complexity index is 484. The molecule has 2 atom stereocenters. The largest absolute Gasteiger partial charge is 0.394 e. The molecule has 6 heteroatoms. The Morgan fingerprint density at radius 3 is 2.95 bits per heavy atom. The average molecular weight is 284 g/mol. The van der Waals surface area contributed by atoms with E-state index in [9.17, 15) is 4.39 Å². The van der Waals surface area contributed by atoms with E-state index in [-0.39, 0.29) is 29.6 Å². The first-order valence-corrected chi connectivity index (χ1v) is 6.52. The molecule has 1 aromatic rings. The van der Waals surface area contributed by atoms with Crippen LogP contribution in [-0.2, 0) is 4.74 Å². The van der Waals surface area contributed by atoms with E-state index in [0.29, 0.717) is 24.4 Å². The van der Waals surface area contributed by atoms with Gasteiger partial charge < -0.3 is 20.5 Å². The van der Waals surface area contributed by atoms with Gasteiger partial charge in [-0.3, -0.25) is 0 Å². The van der Waals surface area contributed by atoms with Crippen molar-refractivity contribution in [3.05, 3.63) is 29.6 Å². The van der Waals surface area contributed by atoms with E-state index in [2.05, 4.69) is 0 Å². The predicted molar refractivity (Wildman–Crippen MR) is 75.9 cm³/mol. The van der Waals surface area contributed by atoms with E-state index in [0.717, 1.165) is 0 Å². The maximum atomic E-state index is 14.1. The number of benzene rings is 1. The van der Waals surface area contributed by atoms with Gasteiger partial charge in [0.25, 0.3) is 0 Å². The molecule has 1 aromatic carbocycles. The summed E-state index contributed by atoms with van der Waals surface area (Å²) >= 11 is 4.83. The number of nitrogens with two attached hydrogens (primary N) is 1. The fourth-order valence-electron chi connectivity index (χ4n) is 2.16. The van der Waals surface area contributed by atoms with Gasteiger partial charge in [0.05, 0.1) is 25.0 Å². The van der Waals surface area contributed by atoms with E-state index < -0.39 is 0 Å². The molecule has 0 saturated carbocycles. The molecule has 1 aliphatic rings. The van der Waals surface area contributed by atoms with Gasteiger partial charge in [0.1, 0.15) is 10.8 Å². The Labute approximate surface area is 117 Å². The highest BCUT2D eigenvalue weighted by Gasteiger charge is 2.27. The van der Waals surface area contributed by atoms with Crippen molar-refractivity contribution in [2.24, 2.45) is 5.73 Å². The minimum Gasteiger partial charge on any atom is -0.394 e. The summed E-state index contributed by atoms with van der Waals surface area (Å²) in [5.74, 6) is -0.365. The summed E-state index contributed by atoms with van der Waals surface area (Å²) in [6.07, 6.45) is -0.286. The second-order valence-corrected chi connectivity index (χ2v) is 5.11. The predicted octanol–water partition coefficient (Wildman–Crippen LogP) is 1.05. The van der Waals surface area contributed by atoms with Gasteiger partial charge in [-0.05, 0) is 25.1 Å². The van der Waals surface area contributed by atoms with Crippen LogP contribution < -0.4 is 10.6 Å². The maximum absolute atomic E-state index is 14.1. The first-order chi connectivity index (χ1) is 9.02. The van der Waals surface area contributed by atoms with Crippen LogP contribution in [0.15, 0.2) is 18.2 Å². The van der Waals surface area contributed by atoms with Crippen LogP contribution >= 0.6 is 12.2 Å². The normalized spacial score (nSPS) is 23.4. The van der Waals surface area contributed by atoms with Crippen molar-refractivity contribution in [1.29, 1.82) is 0 Å². The fourth-order valence-corrected chi connectivity index (χ4v) is 2.28. The van der Waals surface area contributed by atoms with Crippen molar-refractivity contribution in [3.8, 4) is 0 Å². The smallest absolute Gasteiger partial charge is 0.147 e. The number of nitrogens with zero attached hydrogens (tertiary/aromatic N) is 1. The van der Waals surface area contributed by atoms with Gasteiger partial charge in [-0.25, -0.2) is 4.39 Å². The van der Waals surface area contributed by atoms with Crippen LogP contribution in [0.2, 0.25) is 0 Å². The quantitative estimate of drug-likeness (QED) is 0.812. The lowest BCUT2D eigenvalue weighted by Gasteiger charge is -2.39. The molecular formula is C13H17FN2O2S. The molecule has 1 aliphatic heterocycles. The number of thiocarbonyl (C=S) groups is 1. The Kier molecular flexibility index (Phi) is 4.34. The first kappa shape index (κ1) is 14.2. The third-order valence-corrected chi connectivity index (χ3v) is 3.49. The van der Waals surface area contributed by atoms with Gasteiger partial charge in [-0.15, -0.1) is 0 Å². The molecular weight excluding hydrogens is 267 g/mol. The minimum absolute atomic E-state index is 0.0491. The highest BCUT2D eigenvalue weighted by atomic mass is 32.1. The summed E-state index contributed by atoms with van der Waals surface area (Å²) in [7, 11) is 0. The van der Waals surface area contributed by atoms with Crippen LogP contribution in [0.4, 0.5) is 10.1 Å². The fraction of sp³-hybridized carbons (Fsp3) is 0.462. The average Bonchev–Trinajstić information content (AvgIpc) is 2.39. The van der Waals surface area contributed by atoms with Crippen molar-refractivity contribution in [3.63, 3.8) is 0 Å². The summed E-state index contributed by atoms with van der Waals surface area (Å²) < 4.78 is 19.6. The van der Waals surface area contributed by atoms with Crippen LogP contribution in [0.5, 0.6) is 0 Å². The Morgan fingerprint density at radius 1 is 1.63 bits per heavy atom. The first-order valence-electron chi connectivity index (χ1n) is 6.11. The number of halogens is 1. The molecule has 3 N–H and O–H groups in total. The molecule has 0 spiro atoms. The number of morpholine rings is 1. The molecule has 104 valence electrons. The van der Waals surface area contributed by atoms with Crippen LogP contribution in [0, 0.1) is 5.82 Å². The van der Waals surface area contributed by atoms with Crippen LogP contribution in [0.25, 0.3) is 0 Å². The molecule has 1 saturated heterocycles. The SMILES string of the molecule is CC1COC(CO)CN1c1ccc(C(N)=S)cc1F. The van der Waals surface area contributed by atoms with Gasteiger partial charge in [-0.1, -0.05) is 12.2 Å². The van der Waals surface area contributed by atoms with Crippen LogP contribution in [0.3, 0.4) is 0 Å². The molecule has 19 heavy (non-hydrogen) atoms. The van der Waals surface area contributed by atoms with Crippen molar-refractivity contribution in [2.45, 2.75) is 19.1 Å². The number of aliphatic hydroxyl groups is 1. The number of rotatable bonds is 3.